The zero-order valence-corrected chi connectivity index (χ0v) is 10.3. The van der Waals surface area contributed by atoms with E-state index in [2.05, 4.69) is 9.80 Å². The minimum absolute atomic E-state index is 0.252. The van der Waals surface area contributed by atoms with Gasteiger partial charge in [0.25, 0.3) is 0 Å². The number of fused-ring (bicyclic) bond motifs is 1. The maximum Gasteiger partial charge on any atom is 0.317 e. The lowest BCUT2D eigenvalue weighted by molar-refractivity contribution is -0.139. The Hall–Kier alpha value is -0.610. The summed E-state index contributed by atoms with van der Waals surface area (Å²) in [5.74, 6) is -0.661. The van der Waals surface area contributed by atoms with Crippen molar-refractivity contribution in [3.63, 3.8) is 0 Å². The SMILES string of the molecule is O=C(O)CN(C1CC1)C1CCN2CCCC2C1. The van der Waals surface area contributed by atoms with Crippen LogP contribution in [0.3, 0.4) is 0 Å². The van der Waals surface area contributed by atoms with Crippen LogP contribution in [0.25, 0.3) is 0 Å². The number of hydrogen-bond acceptors (Lipinski definition) is 3. The molecule has 2 unspecified atom stereocenters. The summed E-state index contributed by atoms with van der Waals surface area (Å²) in [6, 6.07) is 1.84. The van der Waals surface area contributed by atoms with E-state index in [0.717, 1.165) is 6.04 Å². The van der Waals surface area contributed by atoms with Gasteiger partial charge in [0, 0.05) is 18.1 Å². The molecular weight excluding hydrogens is 216 g/mol. The lowest BCUT2D eigenvalue weighted by Gasteiger charge is -2.40. The molecule has 1 N–H and O–H groups in total. The highest BCUT2D eigenvalue weighted by molar-refractivity contribution is 5.69. The Morgan fingerprint density at radius 3 is 2.71 bits per heavy atom. The molecule has 0 aromatic heterocycles. The van der Waals surface area contributed by atoms with Gasteiger partial charge in [0.15, 0.2) is 0 Å². The molecule has 3 aliphatic rings. The Kier molecular flexibility index (Phi) is 3.09. The van der Waals surface area contributed by atoms with Gasteiger partial charge in [0.1, 0.15) is 0 Å². The Morgan fingerprint density at radius 2 is 2.00 bits per heavy atom. The second-order valence-electron chi connectivity index (χ2n) is 5.81. The molecule has 1 saturated carbocycles. The highest BCUT2D eigenvalue weighted by Crippen LogP contribution is 2.35. The molecule has 17 heavy (non-hydrogen) atoms. The van der Waals surface area contributed by atoms with Gasteiger partial charge in [-0.15, -0.1) is 0 Å². The summed E-state index contributed by atoms with van der Waals surface area (Å²) in [6.45, 7) is 2.69. The van der Waals surface area contributed by atoms with E-state index in [1.165, 1.54) is 51.6 Å². The van der Waals surface area contributed by atoms with Crippen LogP contribution in [0, 0.1) is 0 Å². The van der Waals surface area contributed by atoms with Crippen LogP contribution in [-0.2, 0) is 4.79 Å². The van der Waals surface area contributed by atoms with Crippen LogP contribution in [0.2, 0.25) is 0 Å². The first-order valence-corrected chi connectivity index (χ1v) is 6.95. The van der Waals surface area contributed by atoms with Gasteiger partial charge in [-0.2, -0.15) is 0 Å². The van der Waals surface area contributed by atoms with Crippen molar-refractivity contribution < 1.29 is 9.90 Å². The summed E-state index contributed by atoms with van der Waals surface area (Å²) in [7, 11) is 0. The molecule has 96 valence electrons. The molecule has 0 bridgehead atoms. The molecule has 2 heterocycles. The molecule has 0 spiro atoms. The number of piperidine rings is 1. The van der Waals surface area contributed by atoms with Crippen molar-refractivity contribution in [1.29, 1.82) is 0 Å². The van der Waals surface area contributed by atoms with Crippen LogP contribution in [-0.4, -0.2) is 58.6 Å². The van der Waals surface area contributed by atoms with Crippen molar-refractivity contribution in [2.24, 2.45) is 0 Å². The summed E-state index contributed by atoms with van der Waals surface area (Å²) in [5.41, 5.74) is 0. The number of carboxylic acids is 1. The minimum atomic E-state index is -0.661. The Morgan fingerprint density at radius 1 is 1.18 bits per heavy atom. The lowest BCUT2D eigenvalue weighted by atomic mass is 9.96. The van der Waals surface area contributed by atoms with Crippen LogP contribution < -0.4 is 0 Å². The molecule has 2 atom stereocenters. The third-order valence-corrected chi connectivity index (χ3v) is 4.60. The van der Waals surface area contributed by atoms with Gasteiger partial charge >= 0.3 is 5.97 Å². The number of nitrogens with zero attached hydrogens (tertiary/aromatic N) is 2. The first-order valence-electron chi connectivity index (χ1n) is 6.95. The Balaban J connectivity index is 1.63. The minimum Gasteiger partial charge on any atom is -0.480 e. The fourth-order valence-electron chi connectivity index (χ4n) is 3.62. The highest BCUT2D eigenvalue weighted by Gasteiger charge is 2.40. The predicted octanol–water partition coefficient (Wildman–Crippen LogP) is 1.16. The van der Waals surface area contributed by atoms with Gasteiger partial charge < -0.3 is 10.0 Å². The van der Waals surface area contributed by atoms with Crippen molar-refractivity contribution in [3.05, 3.63) is 0 Å². The number of aliphatic carboxylic acids is 1. The lowest BCUT2D eigenvalue weighted by Crippen LogP contribution is -2.49. The second kappa shape index (κ2) is 4.58. The first-order chi connectivity index (χ1) is 8.24. The molecule has 4 nitrogen and oxygen atoms in total. The summed E-state index contributed by atoms with van der Waals surface area (Å²) in [4.78, 5) is 15.8. The highest BCUT2D eigenvalue weighted by atomic mass is 16.4. The summed E-state index contributed by atoms with van der Waals surface area (Å²) >= 11 is 0. The van der Waals surface area contributed by atoms with Crippen molar-refractivity contribution in [2.75, 3.05) is 19.6 Å². The molecule has 0 aromatic rings. The second-order valence-corrected chi connectivity index (χ2v) is 5.81. The maximum atomic E-state index is 11.0. The van der Waals surface area contributed by atoms with E-state index in [1.54, 1.807) is 0 Å². The van der Waals surface area contributed by atoms with E-state index < -0.39 is 5.97 Å². The number of rotatable bonds is 4. The van der Waals surface area contributed by atoms with Crippen LogP contribution >= 0.6 is 0 Å². The normalized spacial score (nSPS) is 33.9. The van der Waals surface area contributed by atoms with Gasteiger partial charge in [-0.25, -0.2) is 0 Å². The molecule has 2 saturated heterocycles. The molecule has 4 heteroatoms. The van der Waals surface area contributed by atoms with Gasteiger partial charge in [-0.1, -0.05) is 0 Å². The average molecular weight is 238 g/mol. The third-order valence-electron chi connectivity index (χ3n) is 4.60. The van der Waals surface area contributed by atoms with E-state index in [9.17, 15) is 4.79 Å². The third kappa shape index (κ3) is 2.47. The number of hydrogen-bond donors (Lipinski definition) is 1. The standard InChI is InChI=1S/C13H22N2O2/c16-13(17)9-15(10-3-4-10)12-5-7-14-6-1-2-11(14)8-12/h10-12H,1-9H2,(H,16,17). The Bertz CT molecular complexity index is 304. The zero-order chi connectivity index (χ0) is 11.8. The maximum absolute atomic E-state index is 11.0. The average Bonchev–Trinajstić information content (AvgIpc) is 3.03. The van der Waals surface area contributed by atoms with Gasteiger partial charge in [-0.3, -0.25) is 9.69 Å². The van der Waals surface area contributed by atoms with Gasteiger partial charge in [-0.05, 0) is 51.6 Å². The summed E-state index contributed by atoms with van der Waals surface area (Å²) in [5, 5.41) is 9.03. The van der Waals surface area contributed by atoms with Crippen LogP contribution in [0.15, 0.2) is 0 Å². The smallest absolute Gasteiger partial charge is 0.317 e. The van der Waals surface area contributed by atoms with Crippen molar-refractivity contribution in [3.8, 4) is 0 Å². The van der Waals surface area contributed by atoms with Gasteiger partial charge in [0.05, 0.1) is 6.54 Å². The van der Waals surface area contributed by atoms with Crippen LogP contribution in [0.5, 0.6) is 0 Å². The molecule has 0 amide bonds. The van der Waals surface area contributed by atoms with Crippen molar-refractivity contribution in [2.45, 2.75) is 56.7 Å². The molecule has 0 aromatic carbocycles. The summed E-state index contributed by atoms with van der Waals surface area (Å²) < 4.78 is 0. The zero-order valence-electron chi connectivity index (χ0n) is 10.3. The van der Waals surface area contributed by atoms with Crippen molar-refractivity contribution >= 4 is 5.97 Å². The van der Waals surface area contributed by atoms with E-state index >= 15 is 0 Å². The van der Waals surface area contributed by atoms with E-state index in [4.69, 9.17) is 5.11 Å². The van der Waals surface area contributed by atoms with E-state index in [0.29, 0.717) is 12.1 Å². The molecule has 3 fully saturated rings. The van der Waals surface area contributed by atoms with Crippen LogP contribution in [0.4, 0.5) is 0 Å². The predicted molar refractivity (Wildman–Crippen MR) is 65.0 cm³/mol. The monoisotopic (exact) mass is 238 g/mol. The van der Waals surface area contributed by atoms with E-state index in [-0.39, 0.29) is 6.54 Å². The van der Waals surface area contributed by atoms with Crippen molar-refractivity contribution in [1.82, 2.24) is 9.80 Å². The molecular formula is C13H22N2O2. The fourth-order valence-corrected chi connectivity index (χ4v) is 3.62. The summed E-state index contributed by atoms with van der Waals surface area (Å²) in [6.07, 6.45) is 7.43. The van der Waals surface area contributed by atoms with E-state index in [1.807, 2.05) is 0 Å². The molecule has 3 rings (SSSR count). The molecule has 2 aliphatic heterocycles. The Labute approximate surface area is 103 Å². The first kappa shape index (κ1) is 11.5. The fraction of sp³-hybridized carbons (Fsp3) is 0.923. The molecule has 1 aliphatic carbocycles. The number of carboxylic acid groups (broad SMARTS) is 1. The quantitative estimate of drug-likeness (QED) is 0.798. The van der Waals surface area contributed by atoms with Gasteiger partial charge in [0.2, 0.25) is 0 Å². The number of carbonyl (C=O) groups is 1. The topological polar surface area (TPSA) is 43.8 Å². The molecule has 0 radical (unpaired) electrons. The largest absolute Gasteiger partial charge is 0.480 e. The van der Waals surface area contributed by atoms with Crippen LogP contribution in [0.1, 0.15) is 38.5 Å².